The van der Waals surface area contributed by atoms with Crippen molar-refractivity contribution < 1.29 is 0 Å². The van der Waals surface area contributed by atoms with E-state index in [0.717, 1.165) is 33.7 Å². The van der Waals surface area contributed by atoms with Crippen molar-refractivity contribution in [1.82, 2.24) is 5.32 Å². The van der Waals surface area contributed by atoms with Crippen LogP contribution in [-0.4, -0.2) is 18.3 Å². The van der Waals surface area contributed by atoms with Crippen LogP contribution in [0.3, 0.4) is 0 Å². The second-order valence-electron chi connectivity index (χ2n) is 3.95. The fraction of sp³-hybridized carbons (Fsp3) is 0.538. The van der Waals surface area contributed by atoms with Crippen molar-refractivity contribution in [2.24, 2.45) is 0 Å². The molecule has 0 aliphatic carbocycles. The van der Waals surface area contributed by atoms with Gasteiger partial charge in [0.05, 0.1) is 5.02 Å². The summed E-state index contributed by atoms with van der Waals surface area (Å²) in [6.45, 7) is 5.45. The molecule has 0 amide bonds. The topological polar surface area (TPSA) is 12.0 Å². The van der Waals surface area contributed by atoms with E-state index < -0.39 is 0 Å². The summed E-state index contributed by atoms with van der Waals surface area (Å²) in [5, 5.41) is 5.05. The van der Waals surface area contributed by atoms with Gasteiger partial charge in [-0.1, -0.05) is 37.0 Å². The summed E-state index contributed by atoms with van der Waals surface area (Å²) in [6.07, 6.45) is 2.30. The third-order valence-electron chi connectivity index (χ3n) is 2.51. The number of hydrogen-bond acceptors (Lipinski definition) is 2. The Balaban J connectivity index is 2.50. The van der Waals surface area contributed by atoms with Gasteiger partial charge in [0.1, 0.15) is 0 Å². The van der Waals surface area contributed by atoms with Crippen molar-refractivity contribution in [2.75, 3.05) is 12.3 Å². The maximum absolute atomic E-state index is 6.13. The lowest BCUT2D eigenvalue weighted by Gasteiger charge is -2.16. The normalized spacial score (nSPS) is 12.7. The minimum absolute atomic E-state index is 0.537. The number of rotatable bonds is 7. The Morgan fingerprint density at radius 3 is 2.71 bits per heavy atom. The third kappa shape index (κ3) is 5.52. The lowest BCUT2D eigenvalue weighted by Crippen LogP contribution is -2.31. The van der Waals surface area contributed by atoms with Crippen LogP contribution in [0.25, 0.3) is 0 Å². The number of thioether (sulfide) groups is 1. The molecule has 0 heterocycles. The summed E-state index contributed by atoms with van der Waals surface area (Å²) in [4.78, 5) is 1.07. The van der Waals surface area contributed by atoms with E-state index in [-0.39, 0.29) is 0 Å². The van der Waals surface area contributed by atoms with E-state index in [2.05, 4.69) is 19.2 Å². The van der Waals surface area contributed by atoms with Crippen LogP contribution in [0.1, 0.15) is 26.7 Å². The minimum atomic E-state index is 0.537. The van der Waals surface area contributed by atoms with Gasteiger partial charge in [-0.2, -0.15) is 0 Å². The molecule has 1 aromatic rings. The molecule has 0 saturated carbocycles. The van der Waals surface area contributed by atoms with Crippen LogP contribution in [0, 0.1) is 0 Å². The van der Waals surface area contributed by atoms with Gasteiger partial charge in [-0.3, -0.25) is 0 Å². The van der Waals surface area contributed by atoms with Gasteiger partial charge in [0.25, 0.3) is 0 Å². The van der Waals surface area contributed by atoms with Crippen LogP contribution in [0.5, 0.6) is 0 Å². The summed E-state index contributed by atoms with van der Waals surface area (Å²) < 4.78 is 0. The summed E-state index contributed by atoms with van der Waals surface area (Å²) in [7, 11) is 0. The summed E-state index contributed by atoms with van der Waals surface area (Å²) in [5.41, 5.74) is 0. The molecule has 0 saturated heterocycles. The highest BCUT2D eigenvalue weighted by molar-refractivity contribution is 7.99. The maximum Gasteiger partial charge on any atom is 0.0542 e. The Bertz CT molecular complexity index is 344. The Hall–Kier alpha value is 0.110. The highest BCUT2D eigenvalue weighted by atomic mass is 35.5. The lowest BCUT2D eigenvalue weighted by molar-refractivity contribution is 0.539. The highest BCUT2D eigenvalue weighted by Gasteiger charge is 2.08. The maximum atomic E-state index is 6.13. The van der Waals surface area contributed by atoms with E-state index in [1.807, 2.05) is 18.2 Å². The number of benzene rings is 1. The number of hydrogen-bond donors (Lipinski definition) is 1. The molecule has 1 nitrogen and oxygen atoms in total. The van der Waals surface area contributed by atoms with E-state index >= 15 is 0 Å². The van der Waals surface area contributed by atoms with Crippen LogP contribution in [-0.2, 0) is 0 Å². The fourth-order valence-corrected chi connectivity index (χ4v) is 3.12. The third-order valence-corrected chi connectivity index (χ3v) is 4.40. The zero-order chi connectivity index (χ0) is 12.7. The fourth-order valence-electron chi connectivity index (χ4n) is 1.45. The molecule has 0 radical (unpaired) electrons. The first-order valence-corrected chi connectivity index (χ1v) is 7.72. The van der Waals surface area contributed by atoms with Gasteiger partial charge in [0.15, 0.2) is 0 Å². The van der Waals surface area contributed by atoms with E-state index in [1.165, 1.54) is 6.42 Å². The second-order valence-corrected chi connectivity index (χ2v) is 5.85. The zero-order valence-electron chi connectivity index (χ0n) is 10.3. The average Bonchev–Trinajstić information content (AvgIpc) is 2.33. The van der Waals surface area contributed by atoms with Gasteiger partial charge in [-0.25, -0.2) is 0 Å². The van der Waals surface area contributed by atoms with Crippen LogP contribution in [0.15, 0.2) is 23.1 Å². The SMILES string of the molecule is CCCNC(CC)CSc1cc(Cl)ccc1Cl. The molecule has 0 aliphatic heterocycles. The Labute approximate surface area is 118 Å². The van der Waals surface area contributed by atoms with Gasteiger partial charge in [-0.15, -0.1) is 11.8 Å². The van der Waals surface area contributed by atoms with E-state index in [4.69, 9.17) is 23.2 Å². The van der Waals surface area contributed by atoms with E-state index in [0.29, 0.717) is 6.04 Å². The van der Waals surface area contributed by atoms with Gasteiger partial charge in [-0.05, 0) is 37.6 Å². The molecule has 1 atom stereocenters. The molecule has 0 fully saturated rings. The zero-order valence-corrected chi connectivity index (χ0v) is 12.6. The first kappa shape index (κ1) is 15.2. The number of nitrogens with one attached hydrogen (secondary N) is 1. The Morgan fingerprint density at radius 1 is 1.29 bits per heavy atom. The largest absolute Gasteiger partial charge is 0.313 e. The molecule has 1 rings (SSSR count). The van der Waals surface area contributed by atoms with Crippen LogP contribution in [0.2, 0.25) is 10.0 Å². The van der Waals surface area contributed by atoms with Crippen molar-refractivity contribution in [2.45, 2.75) is 37.6 Å². The molecular formula is C13H19Cl2NS. The van der Waals surface area contributed by atoms with Crippen molar-refractivity contribution in [1.29, 1.82) is 0 Å². The van der Waals surface area contributed by atoms with Crippen molar-refractivity contribution in [3.05, 3.63) is 28.2 Å². The molecule has 1 N–H and O–H groups in total. The first-order valence-electron chi connectivity index (χ1n) is 5.98. The molecule has 0 aliphatic rings. The van der Waals surface area contributed by atoms with Gasteiger partial charge in [0, 0.05) is 21.7 Å². The lowest BCUT2D eigenvalue weighted by atomic mass is 10.2. The molecule has 17 heavy (non-hydrogen) atoms. The first-order chi connectivity index (χ1) is 8.17. The molecule has 1 aromatic carbocycles. The van der Waals surface area contributed by atoms with Gasteiger partial charge >= 0.3 is 0 Å². The monoisotopic (exact) mass is 291 g/mol. The second kappa shape index (κ2) is 8.25. The summed E-state index contributed by atoms with van der Waals surface area (Å²) in [5.74, 6) is 1.02. The van der Waals surface area contributed by atoms with E-state index in [1.54, 1.807) is 11.8 Å². The van der Waals surface area contributed by atoms with Crippen molar-refractivity contribution >= 4 is 35.0 Å². The molecule has 96 valence electrons. The smallest absolute Gasteiger partial charge is 0.0542 e. The number of halogens is 2. The molecule has 4 heteroatoms. The van der Waals surface area contributed by atoms with Crippen LogP contribution in [0.4, 0.5) is 0 Å². The summed E-state index contributed by atoms with van der Waals surface area (Å²) >= 11 is 13.9. The predicted octanol–water partition coefficient (Wildman–Crippen LogP) is 4.86. The summed E-state index contributed by atoms with van der Waals surface area (Å²) in [6, 6.07) is 6.14. The highest BCUT2D eigenvalue weighted by Crippen LogP contribution is 2.30. The standard InChI is InChI=1S/C13H19Cl2NS/c1-3-7-16-11(4-2)9-17-13-8-10(14)5-6-12(13)15/h5-6,8,11,16H,3-4,7,9H2,1-2H3. The Morgan fingerprint density at radius 2 is 2.06 bits per heavy atom. The molecule has 1 unspecified atom stereocenters. The average molecular weight is 292 g/mol. The molecule has 0 spiro atoms. The van der Waals surface area contributed by atoms with E-state index in [9.17, 15) is 0 Å². The predicted molar refractivity (Wildman–Crippen MR) is 79.6 cm³/mol. The minimum Gasteiger partial charge on any atom is -0.313 e. The molecule has 0 bridgehead atoms. The molecule has 0 aromatic heterocycles. The van der Waals surface area contributed by atoms with Gasteiger partial charge < -0.3 is 5.32 Å². The quantitative estimate of drug-likeness (QED) is 0.720. The van der Waals surface area contributed by atoms with Gasteiger partial charge in [0.2, 0.25) is 0 Å². The van der Waals surface area contributed by atoms with Crippen molar-refractivity contribution in [3.8, 4) is 0 Å². The van der Waals surface area contributed by atoms with Crippen LogP contribution >= 0.6 is 35.0 Å². The van der Waals surface area contributed by atoms with Crippen molar-refractivity contribution in [3.63, 3.8) is 0 Å². The Kier molecular flexibility index (Phi) is 7.36. The van der Waals surface area contributed by atoms with Crippen LogP contribution < -0.4 is 5.32 Å². The molecular weight excluding hydrogens is 273 g/mol.